The summed E-state index contributed by atoms with van der Waals surface area (Å²) >= 11 is 0. The van der Waals surface area contributed by atoms with Crippen LogP contribution in [0.15, 0.2) is 36.8 Å². The molecule has 0 N–H and O–H groups in total. The predicted molar refractivity (Wildman–Crippen MR) is 59.6 cm³/mol. The highest BCUT2D eigenvalue weighted by atomic mass is 16.5. The third-order valence-electron chi connectivity index (χ3n) is 2.25. The van der Waals surface area contributed by atoms with Crippen LogP contribution in [0, 0.1) is 11.3 Å². The van der Waals surface area contributed by atoms with Crippen LogP contribution in [0.1, 0.15) is 15.9 Å². The fraction of sp³-hybridized carbons (Fsp3) is 0.0833. The van der Waals surface area contributed by atoms with Crippen LogP contribution < -0.4 is 0 Å². The molecule has 0 amide bonds. The van der Waals surface area contributed by atoms with E-state index >= 15 is 0 Å². The highest BCUT2D eigenvalue weighted by Crippen LogP contribution is 2.10. The molecule has 2 aromatic rings. The number of rotatable bonds is 2. The Morgan fingerprint density at radius 3 is 3.06 bits per heavy atom. The molecule has 84 valence electrons. The Morgan fingerprint density at radius 1 is 1.53 bits per heavy atom. The average molecular weight is 227 g/mol. The monoisotopic (exact) mass is 227 g/mol. The minimum Gasteiger partial charge on any atom is -0.465 e. The molecule has 0 saturated carbocycles. The molecule has 0 aromatic carbocycles. The summed E-state index contributed by atoms with van der Waals surface area (Å²) in [5.74, 6) is 0.180. The third-order valence-corrected chi connectivity index (χ3v) is 2.25. The number of pyridine rings is 1. The second kappa shape index (κ2) is 4.49. The molecule has 0 unspecified atom stereocenters. The second-order valence-electron chi connectivity index (χ2n) is 3.31. The van der Waals surface area contributed by atoms with Gasteiger partial charge in [-0.15, -0.1) is 0 Å². The zero-order valence-corrected chi connectivity index (χ0v) is 9.12. The summed E-state index contributed by atoms with van der Waals surface area (Å²) in [5.41, 5.74) is 0.958. The quantitative estimate of drug-likeness (QED) is 0.729. The van der Waals surface area contributed by atoms with E-state index < -0.39 is 5.97 Å². The zero-order valence-electron chi connectivity index (χ0n) is 9.12. The zero-order chi connectivity index (χ0) is 12.3. The molecule has 2 rings (SSSR count). The van der Waals surface area contributed by atoms with Crippen molar-refractivity contribution in [2.75, 3.05) is 7.11 Å². The Labute approximate surface area is 97.9 Å². The van der Waals surface area contributed by atoms with Crippen molar-refractivity contribution in [1.82, 2.24) is 9.55 Å². The molecule has 2 aromatic heterocycles. The van der Waals surface area contributed by atoms with Gasteiger partial charge in [-0.05, 0) is 18.2 Å². The van der Waals surface area contributed by atoms with Crippen molar-refractivity contribution in [3.63, 3.8) is 0 Å². The maximum Gasteiger partial charge on any atom is 0.339 e. The van der Waals surface area contributed by atoms with Gasteiger partial charge in [-0.2, -0.15) is 5.26 Å². The van der Waals surface area contributed by atoms with E-state index in [1.54, 1.807) is 41.4 Å². The van der Waals surface area contributed by atoms with Gasteiger partial charge in [0, 0.05) is 18.6 Å². The normalized spacial score (nSPS) is 9.65. The molecule has 2 heterocycles. The van der Waals surface area contributed by atoms with E-state index in [4.69, 9.17) is 5.26 Å². The van der Waals surface area contributed by atoms with Crippen LogP contribution in [0.4, 0.5) is 0 Å². The van der Waals surface area contributed by atoms with Gasteiger partial charge in [-0.1, -0.05) is 0 Å². The van der Waals surface area contributed by atoms with E-state index in [0.29, 0.717) is 16.9 Å². The lowest BCUT2D eigenvalue weighted by Gasteiger charge is -2.00. The molecule has 0 radical (unpaired) electrons. The number of ether oxygens (including phenoxy) is 1. The van der Waals surface area contributed by atoms with E-state index in [0.717, 1.165) is 0 Å². The summed E-state index contributed by atoms with van der Waals surface area (Å²) in [5, 5.41) is 8.78. The first-order valence-electron chi connectivity index (χ1n) is 4.87. The minimum absolute atomic E-state index is 0.403. The first kappa shape index (κ1) is 10.9. The van der Waals surface area contributed by atoms with Crippen molar-refractivity contribution in [3.8, 4) is 11.9 Å². The molecule has 0 aliphatic carbocycles. The van der Waals surface area contributed by atoms with Crippen LogP contribution in [-0.2, 0) is 4.74 Å². The van der Waals surface area contributed by atoms with Crippen LogP contribution in [-0.4, -0.2) is 22.6 Å². The Balaban J connectivity index is 2.37. The van der Waals surface area contributed by atoms with Gasteiger partial charge >= 0.3 is 5.97 Å². The van der Waals surface area contributed by atoms with Crippen LogP contribution in [0.5, 0.6) is 0 Å². The number of carbonyl (C=O) groups excluding carboxylic acids is 1. The van der Waals surface area contributed by atoms with Gasteiger partial charge in [0.2, 0.25) is 0 Å². The van der Waals surface area contributed by atoms with Crippen LogP contribution in [0.2, 0.25) is 0 Å². The Hall–Kier alpha value is -2.61. The van der Waals surface area contributed by atoms with E-state index in [-0.39, 0.29) is 0 Å². The average Bonchev–Trinajstić information content (AvgIpc) is 2.87. The molecule has 0 atom stereocenters. The maximum atomic E-state index is 11.3. The summed E-state index contributed by atoms with van der Waals surface area (Å²) in [7, 11) is 1.33. The fourth-order valence-corrected chi connectivity index (χ4v) is 1.41. The predicted octanol–water partition coefficient (Wildman–Crippen LogP) is 1.53. The van der Waals surface area contributed by atoms with Crippen molar-refractivity contribution in [2.24, 2.45) is 0 Å². The van der Waals surface area contributed by atoms with Gasteiger partial charge in [0.25, 0.3) is 0 Å². The minimum atomic E-state index is -0.403. The van der Waals surface area contributed by atoms with Crippen molar-refractivity contribution >= 4 is 5.97 Å². The van der Waals surface area contributed by atoms with Gasteiger partial charge in [-0.3, -0.25) is 0 Å². The number of nitriles is 1. The summed E-state index contributed by atoms with van der Waals surface area (Å²) in [6, 6.07) is 6.92. The molecule has 0 saturated heterocycles. The SMILES string of the molecule is COC(=O)c1ccn(-c2cc(C#N)ccn2)c1. The van der Waals surface area contributed by atoms with E-state index in [1.807, 2.05) is 6.07 Å². The van der Waals surface area contributed by atoms with Gasteiger partial charge in [-0.25, -0.2) is 9.78 Å². The molecule has 5 nitrogen and oxygen atoms in total. The lowest BCUT2D eigenvalue weighted by Crippen LogP contribution is -2.00. The number of nitrogens with zero attached hydrogens (tertiary/aromatic N) is 3. The van der Waals surface area contributed by atoms with Gasteiger partial charge < -0.3 is 9.30 Å². The summed E-state index contributed by atoms with van der Waals surface area (Å²) in [6.07, 6.45) is 4.84. The first-order chi connectivity index (χ1) is 8.24. The van der Waals surface area contributed by atoms with Crippen molar-refractivity contribution in [1.29, 1.82) is 5.26 Å². The van der Waals surface area contributed by atoms with Crippen LogP contribution >= 0.6 is 0 Å². The molecule has 0 bridgehead atoms. The van der Waals surface area contributed by atoms with Gasteiger partial charge in [0.15, 0.2) is 0 Å². The van der Waals surface area contributed by atoms with E-state index in [9.17, 15) is 4.79 Å². The van der Waals surface area contributed by atoms with Gasteiger partial charge in [0.05, 0.1) is 24.3 Å². The lowest BCUT2D eigenvalue weighted by atomic mass is 10.3. The van der Waals surface area contributed by atoms with E-state index in [2.05, 4.69) is 9.72 Å². The number of hydrogen-bond acceptors (Lipinski definition) is 4. The number of carbonyl (C=O) groups is 1. The van der Waals surface area contributed by atoms with Crippen LogP contribution in [0.3, 0.4) is 0 Å². The largest absolute Gasteiger partial charge is 0.465 e. The lowest BCUT2D eigenvalue weighted by molar-refractivity contribution is 0.0601. The van der Waals surface area contributed by atoms with Gasteiger partial charge in [0.1, 0.15) is 5.82 Å². The number of esters is 1. The second-order valence-corrected chi connectivity index (χ2v) is 3.31. The standard InChI is InChI=1S/C12H9N3O2/c1-17-12(16)10-3-5-15(8-10)11-6-9(7-13)2-4-14-11/h2-6,8H,1H3. The third kappa shape index (κ3) is 2.16. The van der Waals surface area contributed by atoms with Crippen molar-refractivity contribution in [2.45, 2.75) is 0 Å². The Bertz CT molecular complexity index is 596. The molecular formula is C12H9N3O2. The number of aromatic nitrogens is 2. The number of hydrogen-bond donors (Lipinski definition) is 0. The smallest absolute Gasteiger partial charge is 0.339 e. The molecule has 0 aliphatic heterocycles. The molecule has 0 fully saturated rings. The molecule has 5 heteroatoms. The van der Waals surface area contributed by atoms with Crippen molar-refractivity contribution < 1.29 is 9.53 Å². The highest BCUT2D eigenvalue weighted by molar-refractivity contribution is 5.89. The highest BCUT2D eigenvalue weighted by Gasteiger charge is 2.08. The Morgan fingerprint density at radius 2 is 2.35 bits per heavy atom. The maximum absolute atomic E-state index is 11.3. The molecular weight excluding hydrogens is 218 g/mol. The summed E-state index contributed by atoms with van der Waals surface area (Å²) < 4.78 is 6.27. The fourth-order valence-electron chi connectivity index (χ4n) is 1.41. The Kier molecular flexibility index (Phi) is 2.88. The van der Waals surface area contributed by atoms with E-state index in [1.165, 1.54) is 7.11 Å². The number of methoxy groups -OCH3 is 1. The molecule has 0 spiro atoms. The summed E-state index contributed by atoms with van der Waals surface area (Å²) in [6.45, 7) is 0. The molecule has 17 heavy (non-hydrogen) atoms. The van der Waals surface area contributed by atoms with Crippen molar-refractivity contribution in [3.05, 3.63) is 47.9 Å². The first-order valence-corrected chi connectivity index (χ1v) is 4.87. The molecule has 0 aliphatic rings. The topological polar surface area (TPSA) is 67.9 Å². The van der Waals surface area contributed by atoms with Crippen LogP contribution in [0.25, 0.3) is 5.82 Å². The summed E-state index contributed by atoms with van der Waals surface area (Å²) in [4.78, 5) is 15.4.